The van der Waals surface area contributed by atoms with E-state index >= 15 is 0 Å². The molecule has 1 aromatic heterocycles. The van der Waals surface area contributed by atoms with Gasteiger partial charge < -0.3 is 4.74 Å². The number of halogens is 1. The van der Waals surface area contributed by atoms with Gasteiger partial charge in [-0.15, -0.1) is 0 Å². The van der Waals surface area contributed by atoms with E-state index < -0.39 is 0 Å². The molecule has 0 aliphatic heterocycles. The number of pyridine rings is 1. The molecule has 1 heterocycles. The summed E-state index contributed by atoms with van der Waals surface area (Å²) < 4.78 is 5.34. The Labute approximate surface area is 127 Å². The van der Waals surface area contributed by atoms with E-state index in [0.29, 0.717) is 10.6 Å². The molecule has 3 nitrogen and oxygen atoms in total. The van der Waals surface area contributed by atoms with Crippen molar-refractivity contribution >= 4 is 28.5 Å². The third-order valence-corrected chi connectivity index (χ3v) is 3.41. The van der Waals surface area contributed by atoms with Gasteiger partial charge in [0.1, 0.15) is 6.61 Å². The topological polar surface area (TPSA) is 39.2 Å². The minimum absolute atomic E-state index is 0.190. The maximum atomic E-state index is 12.0. The number of carbonyl (C=O) groups is 1. The van der Waals surface area contributed by atoms with Gasteiger partial charge in [0.05, 0.1) is 11.1 Å². The van der Waals surface area contributed by atoms with Crippen LogP contribution in [0.2, 0.25) is 5.02 Å². The molecule has 0 atom stereocenters. The summed E-state index contributed by atoms with van der Waals surface area (Å²) in [5.41, 5.74) is 2.21. The first-order chi connectivity index (χ1) is 10.2. The highest BCUT2D eigenvalue weighted by molar-refractivity contribution is 6.30. The highest BCUT2D eigenvalue weighted by Crippen LogP contribution is 2.17. The van der Waals surface area contributed by atoms with Gasteiger partial charge in [-0.2, -0.15) is 0 Å². The standard InChI is InChI=1S/C17H12ClNO2/c18-15-8-6-13(7-9-15)17(20)21-11-14-4-1-3-12-5-2-10-19-16(12)14/h1-10H,11H2. The molecule has 0 radical (unpaired) electrons. The second kappa shape index (κ2) is 5.94. The van der Waals surface area contributed by atoms with Crippen molar-refractivity contribution in [3.05, 3.63) is 76.9 Å². The van der Waals surface area contributed by atoms with Crippen LogP contribution in [0.3, 0.4) is 0 Å². The number of para-hydroxylation sites is 1. The number of rotatable bonds is 3. The number of aromatic nitrogens is 1. The molecular formula is C17H12ClNO2. The van der Waals surface area contributed by atoms with Crippen LogP contribution in [0.4, 0.5) is 0 Å². The van der Waals surface area contributed by atoms with E-state index in [2.05, 4.69) is 4.98 Å². The van der Waals surface area contributed by atoms with Crippen molar-refractivity contribution < 1.29 is 9.53 Å². The summed E-state index contributed by atoms with van der Waals surface area (Å²) in [6.07, 6.45) is 1.73. The van der Waals surface area contributed by atoms with Gasteiger partial charge in [-0.1, -0.05) is 35.9 Å². The normalized spacial score (nSPS) is 10.5. The minimum atomic E-state index is -0.375. The number of carbonyl (C=O) groups excluding carboxylic acids is 1. The van der Waals surface area contributed by atoms with Crippen LogP contribution in [-0.4, -0.2) is 11.0 Å². The summed E-state index contributed by atoms with van der Waals surface area (Å²) >= 11 is 5.79. The summed E-state index contributed by atoms with van der Waals surface area (Å²) in [6.45, 7) is 0.190. The predicted octanol–water partition coefficient (Wildman–Crippen LogP) is 4.25. The van der Waals surface area contributed by atoms with Crippen molar-refractivity contribution in [1.29, 1.82) is 0 Å². The second-order valence-electron chi connectivity index (χ2n) is 4.58. The molecule has 3 rings (SSSR count). The molecule has 3 aromatic rings. The number of nitrogens with zero attached hydrogens (tertiary/aromatic N) is 1. The number of hydrogen-bond acceptors (Lipinski definition) is 3. The molecule has 0 unspecified atom stereocenters. The van der Waals surface area contributed by atoms with Crippen LogP contribution in [-0.2, 0) is 11.3 Å². The lowest BCUT2D eigenvalue weighted by atomic mass is 10.1. The highest BCUT2D eigenvalue weighted by atomic mass is 35.5. The van der Waals surface area contributed by atoms with Gasteiger partial charge >= 0.3 is 5.97 Å². The van der Waals surface area contributed by atoms with E-state index in [-0.39, 0.29) is 12.6 Å². The summed E-state index contributed by atoms with van der Waals surface area (Å²) in [5, 5.41) is 1.61. The lowest BCUT2D eigenvalue weighted by molar-refractivity contribution is 0.0474. The van der Waals surface area contributed by atoms with Gasteiger partial charge in [0.15, 0.2) is 0 Å². The van der Waals surface area contributed by atoms with Crippen molar-refractivity contribution in [2.24, 2.45) is 0 Å². The van der Waals surface area contributed by atoms with Crippen LogP contribution >= 0.6 is 11.6 Å². The largest absolute Gasteiger partial charge is 0.457 e. The molecule has 2 aromatic carbocycles. The van der Waals surface area contributed by atoms with Crippen LogP contribution in [0.5, 0.6) is 0 Å². The smallest absolute Gasteiger partial charge is 0.338 e. The van der Waals surface area contributed by atoms with Gasteiger partial charge in [0.2, 0.25) is 0 Å². The van der Waals surface area contributed by atoms with E-state index in [0.717, 1.165) is 16.5 Å². The maximum absolute atomic E-state index is 12.0. The predicted molar refractivity (Wildman–Crippen MR) is 82.3 cm³/mol. The van der Waals surface area contributed by atoms with Gasteiger partial charge in [-0.3, -0.25) is 4.98 Å². The molecular weight excluding hydrogens is 286 g/mol. The summed E-state index contributed by atoms with van der Waals surface area (Å²) in [5.74, 6) is -0.375. The molecule has 0 aliphatic rings. The Morgan fingerprint density at radius 1 is 1.05 bits per heavy atom. The molecule has 0 aliphatic carbocycles. The van der Waals surface area contributed by atoms with Crippen LogP contribution in [0, 0.1) is 0 Å². The molecule has 0 N–H and O–H groups in total. The SMILES string of the molecule is O=C(OCc1cccc2cccnc12)c1ccc(Cl)cc1. The third kappa shape index (κ3) is 3.03. The fourth-order valence-corrected chi connectivity index (χ4v) is 2.22. The molecule has 0 saturated carbocycles. The Morgan fingerprint density at radius 3 is 2.62 bits per heavy atom. The lowest BCUT2D eigenvalue weighted by Crippen LogP contribution is -2.05. The molecule has 0 fully saturated rings. The van der Waals surface area contributed by atoms with Gasteiger partial charge in [-0.05, 0) is 30.3 Å². The average Bonchev–Trinajstić information content (AvgIpc) is 2.53. The van der Waals surface area contributed by atoms with Crippen LogP contribution < -0.4 is 0 Å². The van der Waals surface area contributed by atoms with Gasteiger partial charge in [0, 0.05) is 22.2 Å². The first-order valence-corrected chi connectivity index (χ1v) is 6.87. The van der Waals surface area contributed by atoms with Crippen molar-refractivity contribution in [2.75, 3.05) is 0 Å². The van der Waals surface area contributed by atoms with E-state index in [1.54, 1.807) is 30.5 Å². The minimum Gasteiger partial charge on any atom is -0.457 e. The van der Waals surface area contributed by atoms with E-state index in [1.807, 2.05) is 30.3 Å². The molecule has 4 heteroatoms. The Hall–Kier alpha value is -2.39. The quantitative estimate of drug-likeness (QED) is 0.679. The van der Waals surface area contributed by atoms with Gasteiger partial charge in [-0.25, -0.2) is 4.79 Å². The van der Waals surface area contributed by atoms with Crippen molar-refractivity contribution in [2.45, 2.75) is 6.61 Å². The van der Waals surface area contributed by atoms with Crippen LogP contribution in [0.15, 0.2) is 60.8 Å². The van der Waals surface area contributed by atoms with Crippen LogP contribution in [0.1, 0.15) is 15.9 Å². The number of fused-ring (bicyclic) bond motifs is 1. The number of esters is 1. The monoisotopic (exact) mass is 297 g/mol. The maximum Gasteiger partial charge on any atom is 0.338 e. The Kier molecular flexibility index (Phi) is 3.84. The van der Waals surface area contributed by atoms with Crippen molar-refractivity contribution in [3.8, 4) is 0 Å². The molecule has 0 saturated heterocycles. The lowest BCUT2D eigenvalue weighted by Gasteiger charge is -2.07. The number of benzene rings is 2. The Balaban J connectivity index is 1.77. The Bertz CT molecular complexity index is 779. The fourth-order valence-electron chi connectivity index (χ4n) is 2.10. The molecule has 0 amide bonds. The first kappa shape index (κ1) is 13.6. The molecule has 0 spiro atoms. The van der Waals surface area contributed by atoms with Crippen molar-refractivity contribution in [1.82, 2.24) is 4.98 Å². The first-order valence-electron chi connectivity index (χ1n) is 6.49. The summed E-state index contributed by atoms with van der Waals surface area (Å²) in [4.78, 5) is 16.3. The van der Waals surface area contributed by atoms with Crippen molar-refractivity contribution in [3.63, 3.8) is 0 Å². The van der Waals surface area contributed by atoms with Crippen LogP contribution in [0.25, 0.3) is 10.9 Å². The summed E-state index contributed by atoms with van der Waals surface area (Å²) in [7, 11) is 0. The molecule has 0 bridgehead atoms. The molecule has 104 valence electrons. The highest BCUT2D eigenvalue weighted by Gasteiger charge is 2.09. The zero-order chi connectivity index (χ0) is 14.7. The number of ether oxygens (including phenoxy) is 1. The zero-order valence-electron chi connectivity index (χ0n) is 11.1. The second-order valence-corrected chi connectivity index (χ2v) is 5.01. The zero-order valence-corrected chi connectivity index (χ0v) is 11.9. The fraction of sp³-hybridized carbons (Fsp3) is 0.0588. The Morgan fingerprint density at radius 2 is 1.81 bits per heavy atom. The summed E-state index contributed by atoms with van der Waals surface area (Å²) in [6, 6.07) is 16.3. The third-order valence-electron chi connectivity index (χ3n) is 3.15. The van der Waals surface area contributed by atoms with E-state index in [9.17, 15) is 4.79 Å². The van der Waals surface area contributed by atoms with E-state index in [1.165, 1.54) is 0 Å². The van der Waals surface area contributed by atoms with Gasteiger partial charge in [0.25, 0.3) is 0 Å². The number of hydrogen-bond donors (Lipinski definition) is 0. The van der Waals surface area contributed by atoms with E-state index in [4.69, 9.17) is 16.3 Å². The average molecular weight is 298 g/mol. The molecule has 21 heavy (non-hydrogen) atoms.